The van der Waals surface area contributed by atoms with Crippen LogP contribution in [0.2, 0.25) is 0 Å². The minimum Gasteiger partial charge on any atom is -0.383 e. The lowest BCUT2D eigenvalue weighted by Crippen LogP contribution is -2.30. The van der Waals surface area contributed by atoms with Gasteiger partial charge in [0.25, 0.3) is 0 Å². The van der Waals surface area contributed by atoms with E-state index in [0.29, 0.717) is 12.2 Å². The molecule has 1 unspecified atom stereocenters. The van der Waals surface area contributed by atoms with Crippen molar-refractivity contribution in [1.29, 1.82) is 5.26 Å². The Morgan fingerprint density at radius 2 is 1.94 bits per heavy atom. The van der Waals surface area contributed by atoms with Crippen LogP contribution in [0.3, 0.4) is 0 Å². The average molecular weight is 247 g/mol. The molecule has 0 saturated carbocycles. The molecule has 0 spiro atoms. The molecule has 98 valence electrons. The molecular formula is C13H21N5. The van der Waals surface area contributed by atoms with Crippen LogP contribution in [0.4, 0.5) is 11.6 Å². The molecular weight excluding hydrogens is 226 g/mol. The molecule has 18 heavy (non-hydrogen) atoms. The van der Waals surface area contributed by atoms with Gasteiger partial charge in [-0.1, -0.05) is 13.8 Å². The van der Waals surface area contributed by atoms with Crippen LogP contribution in [-0.2, 0) is 0 Å². The predicted octanol–water partition coefficient (Wildman–Crippen LogP) is 2.23. The summed E-state index contributed by atoms with van der Waals surface area (Å²) in [5, 5.41) is 8.77. The fourth-order valence-corrected chi connectivity index (χ4v) is 1.62. The number of rotatable bonds is 4. The first-order chi connectivity index (χ1) is 8.38. The fraction of sp³-hybridized carbons (Fsp3) is 0.615. The summed E-state index contributed by atoms with van der Waals surface area (Å²) in [6.07, 6.45) is 0.455. The maximum Gasteiger partial charge on any atom is 0.137 e. The van der Waals surface area contributed by atoms with Gasteiger partial charge in [0.1, 0.15) is 17.5 Å². The Labute approximate surface area is 109 Å². The van der Waals surface area contributed by atoms with Gasteiger partial charge < -0.3 is 10.6 Å². The normalized spacial score (nSPS) is 12.3. The van der Waals surface area contributed by atoms with Crippen LogP contribution >= 0.6 is 0 Å². The molecule has 5 nitrogen and oxygen atoms in total. The minimum atomic E-state index is 0.100. The van der Waals surface area contributed by atoms with E-state index in [4.69, 9.17) is 11.0 Å². The van der Waals surface area contributed by atoms with Crippen LogP contribution in [0.25, 0.3) is 0 Å². The van der Waals surface area contributed by atoms with Gasteiger partial charge in [0.2, 0.25) is 0 Å². The van der Waals surface area contributed by atoms with Gasteiger partial charge in [-0.05, 0) is 13.8 Å². The van der Waals surface area contributed by atoms with Crippen molar-refractivity contribution in [3.05, 3.63) is 11.4 Å². The predicted molar refractivity (Wildman–Crippen MR) is 73.4 cm³/mol. The van der Waals surface area contributed by atoms with E-state index in [1.165, 1.54) is 0 Å². The summed E-state index contributed by atoms with van der Waals surface area (Å²) >= 11 is 0. The van der Waals surface area contributed by atoms with Gasteiger partial charge >= 0.3 is 0 Å². The number of hydrogen-bond donors (Lipinski definition) is 1. The lowest BCUT2D eigenvalue weighted by atomic mass is 10.1. The summed E-state index contributed by atoms with van der Waals surface area (Å²) in [6, 6.07) is 2.27. The standard InChI is InChI=1S/C13H21N5/c1-8(2)12-16-11(15)10(4)13(17-12)18(5)9(3)6-7-14/h8-9H,6H2,1-5H3,(H2,15,16,17). The average Bonchev–Trinajstić information content (AvgIpc) is 2.31. The smallest absolute Gasteiger partial charge is 0.137 e. The van der Waals surface area contributed by atoms with Crippen molar-refractivity contribution in [1.82, 2.24) is 9.97 Å². The molecule has 2 N–H and O–H groups in total. The topological polar surface area (TPSA) is 78.8 Å². The van der Waals surface area contributed by atoms with Crippen LogP contribution in [0.15, 0.2) is 0 Å². The van der Waals surface area contributed by atoms with Crippen molar-refractivity contribution in [3.63, 3.8) is 0 Å². The SMILES string of the molecule is Cc1c(N)nc(C(C)C)nc1N(C)C(C)CC#N. The van der Waals surface area contributed by atoms with E-state index in [1.807, 2.05) is 39.6 Å². The summed E-state index contributed by atoms with van der Waals surface area (Å²) in [5.41, 5.74) is 6.80. The quantitative estimate of drug-likeness (QED) is 0.882. The third-order valence-electron chi connectivity index (χ3n) is 3.07. The second-order valence-electron chi connectivity index (χ2n) is 4.89. The summed E-state index contributed by atoms with van der Waals surface area (Å²) in [5.74, 6) is 2.30. The Hall–Kier alpha value is -1.83. The van der Waals surface area contributed by atoms with Crippen LogP contribution in [-0.4, -0.2) is 23.1 Å². The van der Waals surface area contributed by atoms with Gasteiger partial charge in [-0.25, -0.2) is 9.97 Å². The molecule has 0 fully saturated rings. The number of anilines is 2. The van der Waals surface area contributed by atoms with Gasteiger partial charge in [-0.3, -0.25) is 0 Å². The zero-order chi connectivity index (χ0) is 13.9. The van der Waals surface area contributed by atoms with E-state index in [2.05, 4.69) is 16.0 Å². The van der Waals surface area contributed by atoms with Gasteiger partial charge in [0.15, 0.2) is 0 Å². The van der Waals surface area contributed by atoms with E-state index >= 15 is 0 Å². The van der Waals surface area contributed by atoms with Gasteiger partial charge in [-0.15, -0.1) is 0 Å². The Balaban J connectivity index is 3.19. The van der Waals surface area contributed by atoms with E-state index < -0.39 is 0 Å². The summed E-state index contributed by atoms with van der Waals surface area (Å²) in [7, 11) is 1.93. The Morgan fingerprint density at radius 3 is 2.44 bits per heavy atom. The molecule has 0 aliphatic heterocycles. The van der Waals surface area contributed by atoms with Crippen LogP contribution in [0.5, 0.6) is 0 Å². The van der Waals surface area contributed by atoms with E-state index in [9.17, 15) is 0 Å². The van der Waals surface area contributed by atoms with Crippen LogP contribution in [0.1, 0.15) is 44.5 Å². The molecule has 5 heteroatoms. The minimum absolute atomic E-state index is 0.100. The van der Waals surface area contributed by atoms with Crippen molar-refractivity contribution in [3.8, 4) is 6.07 Å². The molecule has 1 aromatic rings. The fourth-order valence-electron chi connectivity index (χ4n) is 1.62. The second-order valence-corrected chi connectivity index (χ2v) is 4.89. The van der Waals surface area contributed by atoms with Crippen molar-refractivity contribution < 1.29 is 0 Å². The first kappa shape index (κ1) is 14.2. The first-order valence-electron chi connectivity index (χ1n) is 6.12. The molecule has 1 heterocycles. The van der Waals surface area contributed by atoms with Crippen LogP contribution < -0.4 is 10.6 Å². The molecule has 0 amide bonds. The number of nitrogen functional groups attached to an aromatic ring is 1. The van der Waals surface area contributed by atoms with E-state index in [1.54, 1.807) is 0 Å². The van der Waals surface area contributed by atoms with Gasteiger partial charge in [-0.2, -0.15) is 5.26 Å². The molecule has 1 aromatic heterocycles. The molecule has 0 bridgehead atoms. The maximum absolute atomic E-state index is 8.77. The van der Waals surface area contributed by atoms with Crippen LogP contribution in [0, 0.1) is 18.3 Å². The number of hydrogen-bond acceptors (Lipinski definition) is 5. The molecule has 0 aliphatic rings. The molecule has 0 radical (unpaired) electrons. The van der Waals surface area contributed by atoms with Crippen molar-refractivity contribution >= 4 is 11.6 Å². The van der Waals surface area contributed by atoms with E-state index in [-0.39, 0.29) is 12.0 Å². The Bertz CT molecular complexity index is 461. The zero-order valence-corrected chi connectivity index (χ0v) is 11.7. The van der Waals surface area contributed by atoms with Gasteiger partial charge in [0, 0.05) is 24.6 Å². The highest BCUT2D eigenvalue weighted by Gasteiger charge is 2.17. The maximum atomic E-state index is 8.77. The molecule has 0 aromatic carbocycles. The monoisotopic (exact) mass is 247 g/mol. The number of nitriles is 1. The zero-order valence-electron chi connectivity index (χ0n) is 11.7. The molecule has 0 saturated heterocycles. The lowest BCUT2D eigenvalue weighted by Gasteiger charge is -2.26. The Morgan fingerprint density at radius 1 is 1.33 bits per heavy atom. The molecule has 1 rings (SSSR count). The van der Waals surface area contributed by atoms with E-state index in [0.717, 1.165) is 17.2 Å². The van der Waals surface area contributed by atoms with Crippen molar-refractivity contribution in [2.75, 3.05) is 17.7 Å². The highest BCUT2D eigenvalue weighted by atomic mass is 15.2. The summed E-state index contributed by atoms with van der Waals surface area (Å²) in [6.45, 7) is 7.97. The lowest BCUT2D eigenvalue weighted by molar-refractivity contribution is 0.680. The Kier molecular flexibility index (Phi) is 4.49. The highest BCUT2D eigenvalue weighted by Crippen LogP contribution is 2.25. The number of nitrogens with zero attached hydrogens (tertiary/aromatic N) is 4. The third-order valence-corrected chi connectivity index (χ3v) is 3.07. The first-order valence-corrected chi connectivity index (χ1v) is 6.12. The number of aromatic nitrogens is 2. The summed E-state index contributed by atoms with van der Waals surface area (Å²) in [4.78, 5) is 10.8. The molecule has 1 atom stereocenters. The summed E-state index contributed by atoms with van der Waals surface area (Å²) < 4.78 is 0. The van der Waals surface area contributed by atoms with Crippen molar-refractivity contribution in [2.24, 2.45) is 0 Å². The number of nitrogens with two attached hydrogens (primary N) is 1. The van der Waals surface area contributed by atoms with Gasteiger partial charge in [0.05, 0.1) is 12.5 Å². The third kappa shape index (κ3) is 2.89. The van der Waals surface area contributed by atoms with Crippen molar-refractivity contribution in [2.45, 2.75) is 46.1 Å². The highest BCUT2D eigenvalue weighted by molar-refractivity contribution is 5.56. The second kappa shape index (κ2) is 5.67. The molecule has 0 aliphatic carbocycles. The largest absolute Gasteiger partial charge is 0.383 e.